The molecule has 0 spiro atoms. The van der Waals surface area contributed by atoms with Crippen LogP contribution < -0.4 is 0 Å². The maximum absolute atomic E-state index is 12.8. The molecular formula is C20H21NO2. The average Bonchev–Trinajstić information content (AvgIpc) is 2.62. The number of hydrogen-bond donors (Lipinski definition) is 0. The molecular weight excluding hydrogens is 286 g/mol. The predicted molar refractivity (Wildman–Crippen MR) is 90.6 cm³/mol. The van der Waals surface area contributed by atoms with Gasteiger partial charge in [0.1, 0.15) is 0 Å². The summed E-state index contributed by atoms with van der Waals surface area (Å²) in [4.78, 5) is 27.4. The first-order valence-corrected chi connectivity index (χ1v) is 8.15. The number of likely N-dealkylation sites (tertiary alicyclic amines) is 1. The Balaban J connectivity index is 1.89. The van der Waals surface area contributed by atoms with Gasteiger partial charge < -0.3 is 4.90 Å². The van der Waals surface area contributed by atoms with Gasteiger partial charge in [-0.2, -0.15) is 0 Å². The summed E-state index contributed by atoms with van der Waals surface area (Å²) in [5, 5.41) is 0. The van der Waals surface area contributed by atoms with Crippen LogP contribution in [0.1, 0.15) is 46.0 Å². The lowest BCUT2D eigenvalue weighted by Crippen LogP contribution is -2.38. The van der Waals surface area contributed by atoms with Crippen LogP contribution in [0.2, 0.25) is 0 Å². The van der Waals surface area contributed by atoms with E-state index >= 15 is 0 Å². The third kappa shape index (κ3) is 3.34. The zero-order valence-electron chi connectivity index (χ0n) is 13.4. The summed E-state index contributed by atoms with van der Waals surface area (Å²) < 4.78 is 0. The number of nitrogens with zero attached hydrogens (tertiary/aromatic N) is 1. The van der Waals surface area contributed by atoms with E-state index in [1.54, 1.807) is 24.3 Å². The molecule has 23 heavy (non-hydrogen) atoms. The molecule has 3 nitrogen and oxygen atoms in total. The van der Waals surface area contributed by atoms with Crippen LogP contribution in [-0.2, 0) is 0 Å². The van der Waals surface area contributed by atoms with Crippen LogP contribution in [0.15, 0.2) is 54.6 Å². The van der Waals surface area contributed by atoms with E-state index in [4.69, 9.17) is 0 Å². The summed E-state index contributed by atoms with van der Waals surface area (Å²) in [6.07, 6.45) is 2.06. The first kappa shape index (κ1) is 15.5. The first-order valence-electron chi connectivity index (χ1n) is 8.15. The Bertz CT molecular complexity index is 701. The van der Waals surface area contributed by atoms with E-state index in [0.29, 0.717) is 22.6 Å². The van der Waals surface area contributed by atoms with Crippen molar-refractivity contribution in [2.45, 2.75) is 19.8 Å². The fourth-order valence-electron chi connectivity index (χ4n) is 2.99. The normalized spacial score (nSPS) is 15.4. The summed E-state index contributed by atoms with van der Waals surface area (Å²) in [6.45, 7) is 3.76. The van der Waals surface area contributed by atoms with Gasteiger partial charge in [-0.25, -0.2) is 0 Å². The molecule has 118 valence electrons. The van der Waals surface area contributed by atoms with E-state index in [1.807, 2.05) is 35.2 Å². The summed E-state index contributed by atoms with van der Waals surface area (Å²) in [5.74, 6) is 0.539. The van der Waals surface area contributed by atoms with Gasteiger partial charge in [-0.1, -0.05) is 55.5 Å². The summed E-state index contributed by atoms with van der Waals surface area (Å²) in [7, 11) is 0. The van der Waals surface area contributed by atoms with Crippen molar-refractivity contribution < 1.29 is 9.59 Å². The number of carbonyl (C=O) groups is 2. The van der Waals surface area contributed by atoms with Crippen molar-refractivity contribution in [2.75, 3.05) is 13.1 Å². The quantitative estimate of drug-likeness (QED) is 0.809. The number of rotatable bonds is 3. The van der Waals surface area contributed by atoms with Gasteiger partial charge in [-0.05, 0) is 24.8 Å². The number of carbonyl (C=O) groups excluding carboxylic acids is 2. The highest BCUT2D eigenvalue weighted by Crippen LogP contribution is 2.21. The molecule has 2 aromatic carbocycles. The molecule has 0 saturated carbocycles. The molecule has 1 aliphatic rings. The maximum Gasteiger partial charge on any atom is 0.254 e. The highest BCUT2D eigenvalue weighted by atomic mass is 16.2. The van der Waals surface area contributed by atoms with Crippen molar-refractivity contribution in [3.05, 3.63) is 71.3 Å². The predicted octanol–water partition coefficient (Wildman–Crippen LogP) is 3.79. The fourth-order valence-corrected chi connectivity index (χ4v) is 2.99. The smallest absolute Gasteiger partial charge is 0.254 e. The van der Waals surface area contributed by atoms with Crippen LogP contribution in [0.3, 0.4) is 0 Å². The van der Waals surface area contributed by atoms with Crippen LogP contribution in [0.5, 0.6) is 0 Å². The monoisotopic (exact) mass is 307 g/mol. The molecule has 0 bridgehead atoms. The molecule has 0 N–H and O–H groups in total. The Morgan fingerprint density at radius 1 is 0.870 bits per heavy atom. The summed E-state index contributed by atoms with van der Waals surface area (Å²) in [5.41, 5.74) is 1.61. The highest BCUT2D eigenvalue weighted by molar-refractivity contribution is 6.15. The first-order chi connectivity index (χ1) is 11.2. The number of piperidine rings is 1. The van der Waals surface area contributed by atoms with Gasteiger partial charge in [0.2, 0.25) is 0 Å². The third-order valence-electron chi connectivity index (χ3n) is 4.51. The topological polar surface area (TPSA) is 37.4 Å². The Kier molecular flexibility index (Phi) is 4.56. The number of amides is 1. The zero-order valence-corrected chi connectivity index (χ0v) is 13.4. The number of benzene rings is 2. The van der Waals surface area contributed by atoms with Gasteiger partial charge in [0.05, 0.1) is 5.56 Å². The molecule has 1 saturated heterocycles. The van der Waals surface area contributed by atoms with Gasteiger partial charge in [0.25, 0.3) is 5.91 Å². The largest absolute Gasteiger partial charge is 0.339 e. The standard InChI is InChI=1S/C20H21NO2/c1-15-11-13-21(14-12-15)20(23)18-10-6-5-9-17(18)19(22)16-7-3-2-4-8-16/h2-10,15H,11-14H2,1H3. The van der Waals surface area contributed by atoms with Crippen LogP contribution >= 0.6 is 0 Å². The van der Waals surface area contributed by atoms with Crippen molar-refractivity contribution >= 4 is 11.7 Å². The van der Waals surface area contributed by atoms with Crippen molar-refractivity contribution in [3.8, 4) is 0 Å². The van der Waals surface area contributed by atoms with Crippen molar-refractivity contribution in [2.24, 2.45) is 5.92 Å². The fraction of sp³-hybridized carbons (Fsp3) is 0.300. The second-order valence-corrected chi connectivity index (χ2v) is 6.22. The van der Waals surface area contributed by atoms with Crippen molar-refractivity contribution in [1.29, 1.82) is 0 Å². The molecule has 3 heteroatoms. The van der Waals surface area contributed by atoms with Crippen LogP contribution in [0, 0.1) is 5.92 Å². The Hall–Kier alpha value is -2.42. The molecule has 0 radical (unpaired) electrons. The molecule has 1 amide bonds. The molecule has 1 fully saturated rings. The molecule has 0 aromatic heterocycles. The zero-order chi connectivity index (χ0) is 16.2. The second kappa shape index (κ2) is 6.78. The number of ketones is 1. The molecule has 0 atom stereocenters. The van der Waals surface area contributed by atoms with Crippen molar-refractivity contribution in [3.63, 3.8) is 0 Å². The van der Waals surface area contributed by atoms with E-state index in [9.17, 15) is 9.59 Å². The molecule has 2 aromatic rings. The van der Waals surface area contributed by atoms with Gasteiger partial charge in [0.15, 0.2) is 5.78 Å². The van der Waals surface area contributed by atoms with Crippen LogP contribution in [0.25, 0.3) is 0 Å². The van der Waals surface area contributed by atoms with Gasteiger partial charge >= 0.3 is 0 Å². The minimum atomic E-state index is -0.0973. The van der Waals surface area contributed by atoms with E-state index in [1.165, 1.54) is 0 Å². The lowest BCUT2D eigenvalue weighted by molar-refractivity contribution is 0.0693. The van der Waals surface area contributed by atoms with E-state index < -0.39 is 0 Å². The minimum Gasteiger partial charge on any atom is -0.339 e. The average molecular weight is 307 g/mol. The maximum atomic E-state index is 12.8. The SMILES string of the molecule is CC1CCN(C(=O)c2ccccc2C(=O)c2ccccc2)CC1. The van der Waals surface area contributed by atoms with Crippen LogP contribution in [-0.4, -0.2) is 29.7 Å². The third-order valence-corrected chi connectivity index (χ3v) is 4.51. The minimum absolute atomic E-state index is 0.0308. The molecule has 1 heterocycles. The van der Waals surface area contributed by atoms with E-state index in [0.717, 1.165) is 25.9 Å². The second-order valence-electron chi connectivity index (χ2n) is 6.22. The Morgan fingerprint density at radius 3 is 2.09 bits per heavy atom. The molecule has 1 aliphatic heterocycles. The molecule has 0 aliphatic carbocycles. The van der Waals surface area contributed by atoms with E-state index in [-0.39, 0.29) is 11.7 Å². The van der Waals surface area contributed by atoms with Crippen molar-refractivity contribution in [1.82, 2.24) is 4.90 Å². The number of hydrogen-bond acceptors (Lipinski definition) is 2. The molecule has 0 unspecified atom stereocenters. The van der Waals surface area contributed by atoms with Gasteiger partial charge in [0, 0.05) is 24.2 Å². The summed E-state index contributed by atoms with van der Waals surface area (Å²) in [6, 6.07) is 16.3. The summed E-state index contributed by atoms with van der Waals surface area (Å²) >= 11 is 0. The van der Waals surface area contributed by atoms with Gasteiger partial charge in [-0.3, -0.25) is 9.59 Å². The Labute approximate surface area is 136 Å². The lowest BCUT2D eigenvalue weighted by atomic mass is 9.95. The van der Waals surface area contributed by atoms with E-state index in [2.05, 4.69) is 6.92 Å². The van der Waals surface area contributed by atoms with Gasteiger partial charge in [-0.15, -0.1) is 0 Å². The highest BCUT2D eigenvalue weighted by Gasteiger charge is 2.25. The molecule has 3 rings (SSSR count). The Morgan fingerprint density at radius 2 is 1.43 bits per heavy atom. The van der Waals surface area contributed by atoms with Crippen LogP contribution in [0.4, 0.5) is 0 Å². The lowest BCUT2D eigenvalue weighted by Gasteiger charge is -2.30.